The number of H-pyrrole nitrogens is 1. The zero-order valence-electron chi connectivity index (χ0n) is 12.5. The number of ether oxygens (including phenoxy) is 3. The lowest BCUT2D eigenvalue weighted by molar-refractivity contribution is -0.140. The molecule has 1 N–H and O–H groups in total. The third kappa shape index (κ3) is 2.24. The second-order valence-corrected chi connectivity index (χ2v) is 5.35. The van der Waals surface area contributed by atoms with Gasteiger partial charge < -0.3 is 19.2 Å². The number of fused-ring (bicyclic) bond motifs is 2. The SMILES string of the molecule is COc1ccc(-c2c(C(F)(F)F)[nH]c3cc4c(cc23)OCO4)cc1. The van der Waals surface area contributed by atoms with Gasteiger partial charge in [0.25, 0.3) is 0 Å². The number of alkyl halides is 3. The molecule has 0 saturated heterocycles. The smallest absolute Gasteiger partial charge is 0.431 e. The summed E-state index contributed by atoms with van der Waals surface area (Å²) in [5.74, 6) is 1.44. The van der Waals surface area contributed by atoms with Crippen LogP contribution in [0, 0.1) is 0 Å². The molecular weight excluding hydrogens is 323 g/mol. The molecule has 124 valence electrons. The molecule has 0 fully saturated rings. The molecule has 0 aliphatic carbocycles. The average molecular weight is 335 g/mol. The van der Waals surface area contributed by atoms with Crippen LogP contribution in [0.4, 0.5) is 13.2 Å². The molecular formula is C17H12F3NO3. The van der Waals surface area contributed by atoms with Gasteiger partial charge in [-0.05, 0) is 23.8 Å². The van der Waals surface area contributed by atoms with Crippen LogP contribution < -0.4 is 14.2 Å². The zero-order chi connectivity index (χ0) is 16.9. The highest BCUT2D eigenvalue weighted by Crippen LogP contribution is 2.45. The zero-order valence-corrected chi connectivity index (χ0v) is 12.5. The van der Waals surface area contributed by atoms with E-state index in [1.165, 1.54) is 13.2 Å². The normalized spacial score (nSPS) is 13.5. The first kappa shape index (κ1) is 14.7. The molecule has 7 heteroatoms. The van der Waals surface area contributed by atoms with E-state index in [0.29, 0.717) is 33.7 Å². The van der Waals surface area contributed by atoms with E-state index in [1.54, 1.807) is 30.3 Å². The highest BCUT2D eigenvalue weighted by atomic mass is 19.4. The van der Waals surface area contributed by atoms with Gasteiger partial charge in [0.15, 0.2) is 11.5 Å². The van der Waals surface area contributed by atoms with Gasteiger partial charge in [0.1, 0.15) is 11.4 Å². The number of hydrogen-bond donors (Lipinski definition) is 1. The van der Waals surface area contributed by atoms with Crippen molar-refractivity contribution in [2.75, 3.05) is 13.9 Å². The van der Waals surface area contributed by atoms with Gasteiger partial charge >= 0.3 is 6.18 Å². The summed E-state index contributed by atoms with van der Waals surface area (Å²) in [5.41, 5.74) is 0.0652. The van der Waals surface area contributed by atoms with Gasteiger partial charge in [-0.3, -0.25) is 0 Å². The Morgan fingerprint density at radius 3 is 2.33 bits per heavy atom. The van der Waals surface area contributed by atoms with Gasteiger partial charge in [-0.2, -0.15) is 13.2 Å². The van der Waals surface area contributed by atoms with Crippen LogP contribution in [0.2, 0.25) is 0 Å². The summed E-state index contributed by atoms with van der Waals surface area (Å²) in [6.45, 7) is 0.0614. The van der Waals surface area contributed by atoms with Crippen LogP contribution in [0.5, 0.6) is 17.2 Å². The largest absolute Gasteiger partial charge is 0.497 e. The van der Waals surface area contributed by atoms with Crippen LogP contribution in [-0.4, -0.2) is 18.9 Å². The molecule has 2 aromatic carbocycles. The van der Waals surface area contributed by atoms with E-state index in [4.69, 9.17) is 14.2 Å². The standard InChI is InChI=1S/C17H12F3NO3/c1-22-10-4-2-9(3-5-10)15-11-6-13-14(24-8-23-13)7-12(11)21-16(15)17(18,19)20/h2-7,21H,8H2,1H3. The van der Waals surface area contributed by atoms with Crippen molar-refractivity contribution in [2.24, 2.45) is 0 Å². The average Bonchev–Trinajstić information content (AvgIpc) is 3.15. The fourth-order valence-corrected chi connectivity index (χ4v) is 2.85. The molecule has 0 spiro atoms. The number of rotatable bonds is 2. The van der Waals surface area contributed by atoms with Gasteiger partial charge in [-0.1, -0.05) is 12.1 Å². The van der Waals surface area contributed by atoms with E-state index in [-0.39, 0.29) is 12.4 Å². The summed E-state index contributed by atoms with van der Waals surface area (Å²) in [4.78, 5) is 2.47. The summed E-state index contributed by atoms with van der Waals surface area (Å²) in [6, 6.07) is 9.55. The molecule has 0 unspecified atom stereocenters. The van der Waals surface area contributed by atoms with Crippen molar-refractivity contribution < 1.29 is 27.4 Å². The molecule has 1 aliphatic heterocycles. The van der Waals surface area contributed by atoms with Gasteiger partial charge in [0, 0.05) is 17.0 Å². The first-order valence-corrected chi connectivity index (χ1v) is 7.14. The third-order valence-electron chi connectivity index (χ3n) is 3.95. The minimum atomic E-state index is -4.51. The van der Waals surface area contributed by atoms with Crippen LogP contribution in [0.1, 0.15) is 5.69 Å². The van der Waals surface area contributed by atoms with Crippen molar-refractivity contribution in [1.82, 2.24) is 4.98 Å². The van der Waals surface area contributed by atoms with E-state index in [2.05, 4.69) is 4.98 Å². The molecule has 0 radical (unpaired) electrons. The van der Waals surface area contributed by atoms with E-state index >= 15 is 0 Å². The van der Waals surface area contributed by atoms with Crippen LogP contribution >= 0.6 is 0 Å². The number of aromatic amines is 1. The molecule has 1 aromatic heterocycles. The Morgan fingerprint density at radius 1 is 1.04 bits per heavy atom. The van der Waals surface area contributed by atoms with Crippen molar-refractivity contribution in [3.05, 3.63) is 42.1 Å². The molecule has 4 nitrogen and oxygen atoms in total. The quantitative estimate of drug-likeness (QED) is 0.745. The van der Waals surface area contributed by atoms with Crippen LogP contribution in [0.25, 0.3) is 22.0 Å². The van der Waals surface area contributed by atoms with E-state index in [1.807, 2.05) is 0 Å². The fraction of sp³-hybridized carbons (Fsp3) is 0.176. The molecule has 24 heavy (non-hydrogen) atoms. The number of methoxy groups -OCH3 is 1. The Bertz CT molecular complexity index is 913. The monoisotopic (exact) mass is 335 g/mol. The molecule has 1 aliphatic rings. The molecule has 0 saturated carbocycles. The van der Waals surface area contributed by atoms with Gasteiger partial charge in [-0.15, -0.1) is 0 Å². The first-order valence-electron chi connectivity index (χ1n) is 7.14. The Balaban J connectivity index is 1.99. The van der Waals surface area contributed by atoms with E-state index in [9.17, 15) is 13.2 Å². The lowest BCUT2D eigenvalue weighted by atomic mass is 10.0. The van der Waals surface area contributed by atoms with Crippen molar-refractivity contribution in [1.29, 1.82) is 0 Å². The topological polar surface area (TPSA) is 43.5 Å². The van der Waals surface area contributed by atoms with Gasteiger partial charge in [0.05, 0.1) is 12.6 Å². The van der Waals surface area contributed by atoms with Gasteiger partial charge in [-0.25, -0.2) is 0 Å². The summed E-state index contributed by atoms with van der Waals surface area (Å²) in [7, 11) is 1.50. The summed E-state index contributed by atoms with van der Waals surface area (Å²) in [5, 5.41) is 0.428. The Morgan fingerprint density at radius 2 is 1.71 bits per heavy atom. The summed E-state index contributed by atoms with van der Waals surface area (Å²) in [6.07, 6.45) is -4.51. The molecule has 0 atom stereocenters. The first-order chi connectivity index (χ1) is 11.5. The predicted molar refractivity (Wildman–Crippen MR) is 81.4 cm³/mol. The summed E-state index contributed by atoms with van der Waals surface area (Å²) < 4.78 is 56.1. The molecule has 3 aromatic rings. The number of benzene rings is 2. The van der Waals surface area contributed by atoms with Crippen molar-refractivity contribution in [3.63, 3.8) is 0 Å². The Labute approximate surface area is 134 Å². The lowest BCUT2D eigenvalue weighted by Crippen LogP contribution is -2.07. The van der Waals surface area contributed by atoms with Crippen LogP contribution in [-0.2, 0) is 6.18 Å². The summed E-state index contributed by atoms with van der Waals surface area (Å²) >= 11 is 0. The minimum absolute atomic E-state index is 0.0614. The minimum Gasteiger partial charge on any atom is -0.497 e. The van der Waals surface area contributed by atoms with E-state index < -0.39 is 11.9 Å². The molecule has 4 rings (SSSR count). The van der Waals surface area contributed by atoms with Crippen molar-refractivity contribution >= 4 is 10.9 Å². The maximum atomic E-state index is 13.5. The highest BCUT2D eigenvalue weighted by Gasteiger charge is 2.37. The highest BCUT2D eigenvalue weighted by molar-refractivity contribution is 5.99. The maximum Gasteiger partial charge on any atom is 0.431 e. The lowest BCUT2D eigenvalue weighted by Gasteiger charge is -2.09. The predicted octanol–water partition coefficient (Wildman–Crippen LogP) is 4.59. The maximum absolute atomic E-state index is 13.5. The second kappa shape index (κ2) is 5.09. The van der Waals surface area contributed by atoms with Gasteiger partial charge in [0.2, 0.25) is 6.79 Å². The number of aromatic nitrogens is 1. The van der Waals surface area contributed by atoms with E-state index in [0.717, 1.165) is 0 Å². The Kier molecular flexibility index (Phi) is 3.13. The Hall–Kier alpha value is -2.83. The molecule has 0 bridgehead atoms. The second-order valence-electron chi connectivity index (χ2n) is 5.35. The van der Waals surface area contributed by atoms with Crippen molar-refractivity contribution in [2.45, 2.75) is 6.18 Å². The molecule has 0 amide bonds. The number of hydrogen-bond acceptors (Lipinski definition) is 3. The van der Waals surface area contributed by atoms with Crippen LogP contribution in [0.3, 0.4) is 0 Å². The number of halogens is 3. The fourth-order valence-electron chi connectivity index (χ4n) is 2.85. The third-order valence-corrected chi connectivity index (χ3v) is 3.95. The molecule has 2 heterocycles. The number of nitrogens with one attached hydrogen (secondary N) is 1. The van der Waals surface area contributed by atoms with Crippen molar-refractivity contribution in [3.8, 4) is 28.4 Å². The van der Waals surface area contributed by atoms with Crippen LogP contribution in [0.15, 0.2) is 36.4 Å².